The molecule has 51 heavy (non-hydrogen) atoms. The van der Waals surface area contributed by atoms with Crippen molar-refractivity contribution in [3.05, 3.63) is 85.0 Å². The Balaban J connectivity index is 1.88. The van der Waals surface area contributed by atoms with E-state index in [-0.39, 0.29) is 58.0 Å². The van der Waals surface area contributed by atoms with Gasteiger partial charge in [-0.2, -0.15) is 4.90 Å². The number of aryl methyl sites for hydroxylation is 3. The van der Waals surface area contributed by atoms with Crippen LogP contribution in [0.1, 0.15) is 129 Å². The highest BCUT2D eigenvalue weighted by Gasteiger charge is 2.50. The van der Waals surface area contributed by atoms with E-state index >= 15 is 0 Å². The number of amides is 6. The number of rotatable bonds is 6. The fraction of sp³-hybridized carbons (Fsp3) is 0.500. The lowest BCUT2D eigenvalue weighted by molar-refractivity contribution is -0.752. The van der Waals surface area contributed by atoms with Gasteiger partial charge in [0.05, 0.1) is 13.1 Å². The molecule has 1 saturated heterocycles. The van der Waals surface area contributed by atoms with Crippen LogP contribution >= 0.6 is 0 Å². The van der Waals surface area contributed by atoms with Crippen LogP contribution in [0.15, 0.2) is 18.2 Å². The fourth-order valence-electron chi connectivity index (χ4n) is 7.17. The number of nitrogens with one attached hydrogen (secondary N) is 1. The summed E-state index contributed by atoms with van der Waals surface area (Å²) < 4.78 is 0. The molecule has 0 radical (unpaired) electrons. The second kappa shape index (κ2) is 13.3. The molecule has 0 aromatic heterocycles. The van der Waals surface area contributed by atoms with Crippen molar-refractivity contribution in [3.63, 3.8) is 0 Å². The van der Waals surface area contributed by atoms with Crippen molar-refractivity contribution < 1.29 is 34.6 Å². The predicted molar refractivity (Wildman–Crippen MR) is 201 cm³/mol. The zero-order valence-electron chi connectivity index (χ0n) is 33.3. The molecule has 0 aliphatic carbocycles. The van der Waals surface area contributed by atoms with Crippen LogP contribution in [0, 0.1) is 41.5 Å². The number of benzene rings is 3. The quantitative estimate of drug-likeness (QED) is 0.205. The maximum Gasteiger partial charge on any atom is 0.435 e. The first kappa shape index (κ1) is 39.4. The van der Waals surface area contributed by atoms with Crippen molar-refractivity contribution in [2.75, 3.05) is 0 Å². The molecule has 0 unspecified atom stereocenters. The van der Waals surface area contributed by atoms with Crippen molar-refractivity contribution in [2.24, 2.45) is 0 Å². The Morgan fingerprint density at radius 3 is 1.08 bits per heavy atom. The molecule has 3 aromatic carbocycles. The number of aromatic hydroxyl groups is 3. The van der Waals surface area contributed by atoms with Gasteiger partial charge >= 0.3 is 18.1 Å². The lowest BCUT2D eigenvalue weighted by Gasteiger charge is -2.36. The van der Waals surface area contributed by atoms with Gasteiger partial charge in [0, 0.05) is 11.1 Å². The van der Waals surface area contributed by atoms with Gasteiger partial charge in [-0.1, -0.05) is 80.5 Å². The average molecular weight is 701 g/mol. The monoisotopic (exact) mass is 700 g/mol. The van der Waals surface area contributed by atoms with E-state index < -0.39 is 18.1 Å². The molecule has 3 aromatic rings. The molecular weight excluding hydrogens is 642 g/mol. The topological polar surface area (TPSA) is 123 Å². The van der Waals surface area contributed by atoms with E-state index in [1.165, 1.54) is 0 Å². The molecule has 0 saturated carbocycles. The molecule has 1 aliphatic heterocycles. The molecule has 9 heteroatoms. The van der Waals surface area contributed by atoms with Gasteiger partial charge in [-0.15, -0.1) is 0 Å². The van der Waals surface area contributed by atoms with E-state index in [0.29, 0.717) is 33.4 Å². The Kier molecular flexibility index (Phi) is 10.3. The molecule has 1 heterocycles. The highest BCUT2D eigenvalue weighted by atomic mass is 16.3. The molecule has 1 aliphatic rings. The Bertz CT molecular complexity index is 1700. The first-order valence-electron chi connectivity index (χ1n) is 17.7. The lowest BCUT2D eigenvalue weighted by atomic mass is 9.82. The summed E-state index contributed by atoms with van der Waals surface area (Å²) in [5, 5.41) is 33.8. The molecule has 0 spiro atoms. The summed E-state index contributed by atoms with van der Waals surface area (Å²) in [4.78, 5) is 45.3. The van der Waals surface area contributed by atoms with Gasteiger partial charge in [-0.05, 0) is 113 Å². The van der Waals surface area contributed by atoms with Crippen molar-refractivity contribution in [1.29, 1.82) is 0 Å². The third-order valence-electron chi connectivity index (χ3n) is 10.6. The number of quaternary nitrogens is 1. The smallest absolute Gasteiger partial charge is 0.435 e. The van der Waals surface area contributed by atoms with Crippen LogP contribution in [0.5, 0.6) is 17.2 Å². The van der Waals surface area contributed by atoms with Crippen LogP contribution in [0.4, 0.5) is 14.4 Å². The third-order valence-corrected chi connectivity index (χ3v) is 10.6. The number of carbonyl (C=O) groups is 3. The predicted octanol–water partition coefficient (Wildman–Crippen LogP) is 8.31. The van der Waals surface area contributed by atoms with E-state index in [0.717, 1.165) is 43.2 Å². The molecule has 1 fully saturated rings. The zero-order chi connectivity index (χ0) is 38.9. The standard InChI is InChI=1S/C42H57N3O6/c1-22-16-31(40(7,8)9)34(46)25(4)28(22)19-43-37(49)44(20-29-23(2)17-32(41(10,11)12)35(47)26(29)5)39(51)45(38(43)50)21-30-24(3)18-33(42(13,14)15)36(48)27(30)6/h16-18,46-48H,19-21H2,1-15H3/p+1. The highest BCUT2D eigenvalue weighted by Crippen LogP contribution is 2.39. The molecule has 0 bridgehead atoms. The normalized spacial score (nSPS) is 15.0. The number of hydrogen-bond acceptors (Lipinski definition) is 6. The maximum atomic E-state index is 14.4. The van der Waals surface area contributed by atoms with Crippen molar-refractivity contribution in [1.82, 2.24) is 9.80 Å². The van der Waals surface area contributed by atoms with E-state index in [4.69, 9.17) is 0 Å². The van der Waals surface area contributed by atoms with Crippen molar-refractivity contribution >= 4 is 18.1 Å². The van der Waals surface area contributed by atoms with E-state index in [2.05, 4.69) is 0 Å². The molecule has 9 nitrogen and oxygen atoms in total. The summed E-state index contributed by atoms with van der Waals surface area (Å²) in [7, 11) is 0. The minimum absolute atomic E-state index is 0.0913. The molecule has 276 valence electrons. The van der Waals surface area contributed by atoms with Gasteiger partial charge in [0.25, 0.3) is 0 Å². The molecule has 4 N–H and O–H groups in total. The second-order valence-corrected chi connectivity index (χ2v) is 17.6. The Morgan fingerprint density at radius 2 is 0.784 bits per heavy atom. The van der Waals surface area contributed by atoms with E-state index in [1.807, 2.05) is 101 Å². The summed E-state index contributed by atoms with van der Waals surface area (Å²) in [6.07, 6.45) is 0. The average Bonchev–Trinajstić information content (AvgIpc) is 2.99. The van der Waals surface area contributed by atoms with E-state index in [1.54, 1.807) is 20.8 Å². The van der Waals surface area contributed by atoms with Gasteiger partial charge in [0.2, 0.25) is 0 Å². The Hall–Kier alpha value is -4.37. The number of carbonyl (C=O) groups excluding carboxylic acids is 3. The van der Waals surface area contributed by atoms with Gasteiger partial charge < -0.3 is 15.3 Å². The Labute approximate surface area is 303 Å². The summed E-state index contributed by atoms with van der Waals surface area (Å²) in [6.45, 7) is 28.7. The van der Waals surface area contributed by atoms with Crippen molar-refractivity contribution in [3.8, 4) is 17.2 Å². The minimum atomic E-state index is -0.774. The number of nitrogens with zero attached hydrogens (tertiary/aromatic N) is 2. The highest BCUT2D eigenvalue weighted by molar-refractivity contribution is 6.04. The first-order chi connectivity index (χ1) is 23.2. The lowest BCUT2D eigenvalue weighted by Crippen LogP contribution is -3.20. The van der Waals surface area contributed by atoms with Crippen LogP contribution in [-0.4, -0.2) is 43.2 Å². The van der Waals surface area contributed by atoms with Crippen molar-refractivity contribution in [2.45, 2.75) is 140 Å². The maximum absolute atomic E-state index is 14.4. The molecule has 0 atom stereocenters. The zero-order valence-corrected chi connectivity index (χ0v) is 33.3. The number of imide groups is 3. The number of phenolic OH excluding ortho intramolecular Hbond substituents is 3. The van der Waals surface area contributed by atoms with Crippen LogP contribution in [0.25, 0.3) is 0 Å². The summed E-state index contributed by atoms with van der Waals surface area (Å²) >= 11 is 0. The first-order valence-corrected chi connectivity index (χ1v) is 17.7. The van der Waals surface area contributed by atoms with Crippen LogP contribution in [-0.2, 0) is 35.9 Å². The minimum Gasteiger partial charge on any atom is -0.507 e. The number of hydrogen-bond donors (Lipinski definition) is 4. The largest absolute Gasteiger partial charge is 0.507 e. The van der Waals surface area contributed by atoms with Gasteiger partial charge in [-0.3, -0.25) is 0 Å². The summed E-state index contributed by atoms with van der Waals surface area (Å²) in [6, 6.07) is 3.49. The van der Waals surface area contributed by atoms with Crippen LogP contribution in [0.2, 0.25) is 0 Å². The molecule has 4 rings (SSSR count). The van der Waals surface area contributed by atoms with Gasteiger partial charge in [0.15, 0.2) is 0 Å². The van der Waals surface area contributed by atoms with E-state index in [9.17, 15) is 29.7 Å². The SMILES string of the molecule is Cc1cc(C(C)(C)C)c(O)c(C)c1CN1C(=O)N(Cc2c(C)cc(C(C)(C)C)c(O)c2C)C(=O)[NH+](Cc2c(C)cc(C(C)(C)C)c(O)c2C)C1=O. The molecule has 6 amide bonds. The number of urea groups is 3. The van der Waals surface area contributed by atoms with Gasteiger partial charge in [-0.25, -0.2) is 24.2 Å². The number of phenols is 3. The third kappa shape index (κ3) is 7.23. The summed E-state index contributed by atoms with van der Waals surface area (Å²) in [5.41, 5.74) is 7.29. The second-order valence-electron chi connectivity index (χ2n) is 17.6. The van der Waals surface area contributed by atoms with Crippen LogP contribution in [0.3, 0.4) is 0 Å². The Morgan fingerprint density at radius 1 is 0.510 bits per heavy atom. The van der Waals surface area contributed by atoms with Gasteiger partial charge in [0.1, 0.15) is 23.8 Å². The van der Waals surface area contributed by atoms with Crippen LogP contribution < -0.4 is 4.90 Å². The molecular formula is C42H58N3O6+. The fourth-order valence-corrected chi connectivity index (χ4v) is 7.17. The summed E-state index contributed by atoms with van der Waals surface area (Å²) in [5.74, 6) is 0.336.